The number of benzene rings is 2. The zero-order chi connectivity index (χ0) is 31.6. The number of nitrogens with zero attached hydrogens (tertiary/aromatic N) is 6. The molecule has 1 saturated heterocycles. The Morgan fingerprint density at radius 1 is 1.14 bits per heavy atom. The maximum absolute atomic E-state index is 13.7. The van der Waals surface area contributed by atoms with Gasteiger partial charge in [-0.05, 0) is 60.5 Å². The number of ether oxygens (including phenoxy) is 1. The molecule has 0 saturated carbocycles. The molecule has 2 aromatic heterocycles. The molecule has 3 heterocycles. The van der Waals surface area contributed by atoms with Gasteiger partial charge in [0.15, 0.2) is 10.8 Å². The molecule has 1 atom stereocenters. The van der Waals surface area contributed by atoms with Crippen LogP contribution in [0, 0.1) is 0 Å². The van der Waals surface area contributed by atoms with E-state index >= 15 is 0 Å². The Morgan fingerprint density at radius 2 is 1.84 bits per heavy atom. The SMILES string of the molecule is CCN(C)c1ccc(CNC(=O)[C@H]2CN(c3nc4nc(Cl)ncc4s3)CCN2S(=O)(=O)c2ccc(OC(F)(F)F)cc2)cc1. The van der Waals surface area contributed by atoms with E-state index in [1.54, 1.807) is 4.90 Å². The number of carbonyl (C=O) groups excluding carboxylic acids is 1. The zero-order valence-corrected chi connectivity index (χ0v) is 25.8. The van der Waals surface area contributed by atoms with Crippen LogP contribution < -0.4 is 19.9 Å². The average Bonchev–Trinajstić information content (AvgIpc) is 3.42. The standard InChI is InChI=1S/C27H27ClF3N7O4S2/c1-3-36(2)18-6-4-17(5-7-18)14-32-24(39)21-16-37(26-35-23-22(43-26)15-33-25(28)34-23)12-13-38(21)44(40,41)20-10-8-19(9-11-20)42-27(29,30)31/h4-11,15,21H,3,12-14,16H2,1-2H3,(H,32,39)/t21-/m1/s1. The van der Waals surface area contributed by atoms with Gasteiger partial charge >= 0.3 is 6.36 Å². The molecule has 2 aromatic carbocycles. The summed E-state index contributed by atoms with van der Waals surface area (Å²) in [5.41, 5.74) is 2.20. The molecule has 1 fully saturated rings. The number of hydrogen-bond donors (Lipinski definition) is 1. The molecular formula is C27H27ClF3N7O4S2. The number of fused-ring (bicyclic) bond motifs is 1. The van der Waals surface area contributed by atoms with Crippen LogP contribution in [-0.2, 0) is 21.4 Å². The first-order valence-corrected chi connectivity index (χ1v) is 16.0. The van der Waals surface area contributed by atoms with Crippen molar-refractivity contribution in [1.29, 1.82) is 0 Å². The first-order valence-electron chi connectivity index (χ1n) is 13.3. The quantitative estimate of drug-likeness (QED) is 0.260. The third-order valence-electron chi connectivity index (χ3n) is 7.00. The second-order valence-corrected chi connectivity index (χ2v) is 13.1. The van der Waals surface area contributed by atoms with Crippen LogP contribution in [0.5, 0.6) is 5.75 Å². The first-order chi connectivity index (χ1) is 20.8. The summed E-state index contributed by atoms with van der Waals surface area (Å²) in [5.74, 6) is -1.11. The smallest absolute Gasteiger partial charge is 0.406 e. The number of thiazole rings is 1. The fourth-order valence-electron chi connectivity index (χ4n) is 4.59. The van der Waals surface area contributed by atoms with Gasteiger partial charge in [0.05, 0.1) is 15.8 Å². The summed E-state index contributed by atoms with van der Waals surface area (Å²) in [6.45, 7) is 3.06. The minimum Gasteiger partial charge on any atom is -0.406 e. The number of carbonyl (C=O) groups is 1. The van der Waals surface area contributed by atoms with E-state index in [-0.39, 0.29) is 36.4 Å². The van der Waals surface area contributed by atoms with Crippen molar-refractivity contribution in [3.05, 3.63) is 65.6 Å². The van der Waals surface area contributed by atoms with E-state index in [1.165, 1.54) is 17.5 Å². The lowest BCUT2D eigenvalue weighted by molar-refractivity contribution is -0.274. The number of alkyl halides is 3. The lowest BCUT2D eigenvalue weighted by Gasteiger charge is -2.39. The largest absolute Gasteiger partial charge is 0.573 e. The molecule has 0 aliphatic carbocycles. The molecule has 0 bridgehead atoms. The minimum atomic E-state index is -4.93. The number of nitrogens with one attached hydrogen (secondary N) is 1. The molecule has 5 rings (SSSR count). The van der Waals surface area contributed by atoms with Crippen LogP contribution in [0.25, 0.3) is 10.3 Å². The normalized spacial score (nSPS) is 16.2. The number of hydrogen-bond acceptors (Lipinski definition) is 10. The predicted molar refractivity (Wildman–Crippen MR) is 160 cm³/mol. The fraction of sp³-hybridized carbons (Fsp3) is 0.333. The molecule has 1 amide bonds. The number of amides is 1. The van der Waals surface area contributed by atoms with Gasteiger partial charge in [-0.3, -0.25) is 4.79 Å². The molecule has 11 nitrogen and oxygen atoms in total. The molecule has 1 aliphatic heterocycles. The number of rotatable bonds is 9. The number of halogens is 4. The minimum absolute atomic E-state index is 0.0311. The van der Waals surface area contributed by atoms with E-state index in [1.807, 2.05) is 38.2 Å². The monoisotopic (exact) mass is 669 g/mol. The Morgan fingerprint density at radius 3 is 2.50 bits per heavy atom. The van der Waals surface area contributed by atoms with Crippen LogP contribution in [0.1, 0.15) is 12.5 Å². The summed E-state index contributed by atoms with van der Waals surface area (Å²) in [7, 11) is -2.34. The van der Waals surface area contributed by atoms with Gasteiger partial charge in [-0.25, -0.2) is 13.4 Å². The lowest BCUT2D eigenvalue weighted by atomic mass is 10.1. The van der Waals surface area contributed by atoms with Crippen molar-refractivity contribution in [2.75, 3.05) is 43.0 Å². The molecule has 0 spiro atoms. The van der Waals surface area contributed by atoms with Crippen molar-refractivity contribution < 1.29 is 31.1 Å². The highest BCUT2D eigenvalue weighted by molar-refractivity contribution is 7.89. The van der Waals surface area contributed by atoms with Gasteiger partial charge in [0.2, 0.25) is 21.2 Å². The molecule has 4 aromatic rings. The number of anilines is 2. The molecule has 44 heavy (non-hydrogen) atoms. The Kier molecular flexibility index (Phi) is 9.15. The lowest BCUT2D eigenvalue weighted by Crippen LogP contribution is -2.60. The van der Waals surface area contributed by atoms with Crippen molar-refractivity contribution in [3.63, 3.8) is 0 Å². The van der Waals surface area contributed by atoms with Gasteiger partial charge in [-0.1, -0.05) is 23.5 Å². The summed E-state index contributed by atoms with van der Waals surface area (Å²) >= 11 is 7.18. The van der Waals surface area contributed by atoms with Crippen LogP contribution in [0.3, 0.4) is 0 Å². The van der Waals surface area contributed by atoms with Gasteiger partial charge in [-0.15, -0.1) is 13.2 Å². The summed E-state index contributed by atoms with van der Waals surface area (Å²) in [6, 6.07) is 10.3. The Labute approximate surface area is 260 Å². The van der Waals surface area contributed by atoms with E-state index in [0.29, 0.717) is 15.5 Å². The molecular weight excluding hydrogens is 643 g/mol. The summed E-state index contributed by atoms with van der Waals surface area (Å²) in [5, 5.41) is 3.38. The molecule has 0 unspecified atom stereocenters. The van der Waals surface area contributed by atoms with E-state index in [4.69, 9.17) is 11.6 Å². The van der Waals surface area contributed by atoms with Crippen molar-refractivity contribution in [1.82, 2.24) is 24.6 Å². The number of sulfonamides is 1. The van der Waals surface area contributed by atoms with E-state index < -0.39 is 34.1 Å². The topological polar surface area (TPSA) is 121 Å². The van der Waals surface area contributed by atoms with Crippen LogP contribution in [-0.4, -0.2) is 79.2 Å². The second kappa shape index (κ2) is 12.7. The number of piperazine rings is 1. The van der Waals surface area contributed by atoms with Crippen molar-refractivity contribution in [3.8, 4) is 5.75 Å². The summed E-state index contributed by atoms with van der Waals surface area (Å²) in [4.78, 5) is 29.8. The first kappa shape index (κ1) is 31.7. The Hall–Kier alpha value is -3.73. The zero-order valence-electron chi connectivity index (χ0n) is 23.5. The van der Waals surface area contributed by atoms with Crippen LogP contribution in [0.4, 0.5) is 24.0 Å². The van der Waals surface area contributed by atoms with Gasteiger partial charge in [0, 0.05) is 45.5 Å². The van der Waals surface area contributed by atoms with Crippen LogP contribution in [0.2, 0.25) is 5.28 Å². The highest BCUT2D eigenvalue weighted by Crippen LogP contribution is 2.32. The van der Waals surface area contributed by atoms with Gasteiger partial charge in [0.25, 0.3) is 0 Å². The van der Waals surface area contributed by atoms with E-state index in [0.717, 1.165) is 46.4 Å². The molecule has 1 aliphatic rings. The maximum atomic E-state index is 13.7. The second-order valence-electron chi connectivity index (χ2n) is 9.82. The highest BCUT2D eigenvalue weighted by Gasteiger charge is 2.41. The van der Waals surface area contributed by atoms with Crippen molar-refractivity contribution in [2.24, 2.45) is 0 Å². The van der Waals surface area contributed by atoms with Gasteiger partial charge in [-0.2, -0.15) is 14.3 Å². The highest BCUT2D eigenvalue weighted by atomic mass is 35.5. The average molecular weight is 670 g/mol. The van der Waals surface area contributed by atoms with Crippen molar-refractivity contribution >= 4 is 60.0 Å². The Bertz CT molecular complexity index is 1740. The van der Waals surface area contributed by atoms with Crippen LogP contribution in [0.15, 0.2) is 59.6 Å². The molecule has 17 heteroatoms. The third kappa shape index (κ3) is 7.14. The maximum Gasteiger partial charge on any atom is 0.573 e. The predicted octanol–water partition coefficient (Wildman–Crippen LogP) is 4.29. The molecule has 0 radical (unpaired) electrons. The molecule has 1 N–H and O–H groups in total. The number of aromatic nitrogens is 3. The van der Waals surface area contributed by atoms with Crippen LogP contribution >= 0.6 is 22.9 Å². The fourth-order valence-corrected chi connectivity index (χ4v) is 7.20. The molecule has 234 valence electrons. The third-order valence-corrected chi connectivity index (χ3v) is 10.1. The van der Waals surface area contributed by atoms with Gasteiger partial charge < -0.3 is 19.9 Å². The Balaban J connectivity index is 1.39. The van der Waals surface area contributed by atoms with E-state index in [9.17, 15) is 26.4 Å². The van der Waals surface area contributed by atoms with Crippen molar-refractivity contribution in [2.45, 2.75) is 30.8 Å². The van der Waals surface area contributed by atoms with Gasteiger partial charge in [0.1, 0.15) is 11.8 Å². The summed E-state index contributed by atoms with van der Waals surface area (Å²) < 4.78 is 70.9. The summed E-state index contributed by atoms with van der Waals surface area (Å²) in [6.07, 6.45) is -3.39. The van der Waals surface area contributed by atoms with E-state index in [2.05, 4.69) is 29.9 Å².